The Labute approximate surface area is 136 Å². The molecule has 0 aliphatic rings. The fraction of sp³-hybridized carbons (Fsp3) is 0.733. The van der Waals surface area contributed by atoms with Gasteiger partial charge in [0, 0.05) is 22.9 Å². The van der Waals surface area contributed by atoms with E-state index in [1.54, 1.807) is 23.1 Å². The van der Waals surface area contributed by atoms with E-state index in [1.165, 1.54) is 0 Å². The van der Waals surface area contributed by atoms with Gasteiger partial charge in [0.1, 0.15) is 9.88 Å². The topological polar surface area (TPSA) is 51.2 Å². The molecule has 1 N–H and O–H groups in total. The zero-order valence-electron chi connectivity index (χ0n) is 13.6. The Morgan fingerprint density at radius 3 is 2.81 bits per heavy atom. The number of nitrogens with zero attached hydrogens (tertiary/aromatic N) is 1. The minimum atomic E-state index is -0.608. The molecule has 0 saturated carbocycles. The van der Waals surface area contributed by atoms with Crippen molar-refractivity contribution in [1.82, 2.24) is 10.3 Å². The van der Waals surface area contributed by atoms with Crippen molar-refractivity contribution >= 4 is 29.1 Å². The summed E-state index contributed by atoms with van der Waals surface area (Å²) in [4.78, 5) is 16.6. The molecule has 4 nitrogen and oxygen atoms in total. The molecule has 1 aromatic rings. The molecule has 0 aromatic carbocycles. The molecule has 0 spiro atoms. The second-order valence-electron chi connectivity index (χ2n) is 5.56. The summed E-state index contributed by atoms with van der Waals surface area (Å²) in [6, 6.07) is 0.244. The highest BCUT2D eigenvalue weighted by Gasteiger charge is 2.34. The van der Waals surface area contributed by atoms with Crippen LogP contribution in [0.3, 0.4) is 0 Å². The minimum Gasteiger partial charge on any atom is -0.465 e. The molecule has 1 atom stereocenters. The molecular formula is C15H26N2O2S2. The molecule has 1 aromatic heterocycles. The summed E-state index contributed by atoms with van der Waals surface area (Å²) in [6.45, 7) is 10.3. The third-order valence-corrected chi connectivity index (χ3v) is 5.20. The van der Waals surface area contributed by atoms with Gasteiger partial charge in [0.05, 0.1) is 6.61 Å². The lowest BCUT2D eigenvalue weighted by Gasteiger charge is -2.30. The van der Waals surface area contributed by atoms with Crippen molar-refractivity contribution in [2.24, 2.45) is 0 Å². The third kappa shape index (κ3) is 6.36. The number of hydrogen-bond donors (Lipinski definition) is 1. The quantitative estimate of drug-likeness (QED) is 0.425. The number of thioether (sulfide) groups is 1. The van der Waals surface area contributed by atoms with E-state index in [4.69, 9.17) is 4.74 Å². The number of thiazole rings is 1. The van der Waals surface area contributed by atoms with Crippen LogP contribution in [0.2, 0.25) is 0 Å². The van der Waals surface area contributed by atoms with Crippen LogP contribution in [-0.2, 0) is 9.53 Å². The van der Waals surface area contributed by atoms with Gasteiger partial charge in [-0.3, -0.25) is 10.1 Å². The Morgan fingerprint density at radius 2 is 2.29 bits per heavy atom. The second kappa shape index (κ2) is 8.76. The van der Waals surface area contributed by atoms with Gasteiger partial charge in [0.15, 0.2) is 0 Å². The van der Waals surface area contributed by atoms with Crippen molar-refractivity contribution in [3.63, 3.8) is 0 Å². The molecule has 120 valence electrons. The molecule has 0 fully saturated rings. The van der Waals surface area contributed by atoms with Gasteiger partial charge in [-0.25, -0.2) is 4.98 Å². The van der Waals surface area contributed by atoms with Gasteiger partial charge in [-0.05, 0) is 47.5 Å². The highest BCUT2D eigenvalue weighted by Crippen LogP contribution is 2.25. The van der Waals surface area contributed by atoms with Crippen molar-refractivity contribution in [3.05, 3.63) is 11.1 Å². The van der Waals surface area contributed by atoms with Crippen LogP contribution in [0.1, 0.15) is 46.2 Å². The van der Waals surface area contributed by atoms with E-state index in [2.05, 4.69) is 15.7 Å². The zero-order chi connectivity index (χ0) is 15.9. The van der Waals surface area contributed by atoms with Crippen LogP contribution in [0.5, 0.6) is 0 Å². The maximum Gasteiger partial charge on any atom is 0.326 e. The SMILES string of the molecule is CCOC(=O)C(C)(CCCSc1nc(C)cs1)NC(C)C. The molecule has 0 bridgehead atoms. The predicted octanol–water partition coefficient (Wildman–Crippen LogP) is 3.64. The van der Waals surface area contributed by atoms with Gasteiger partial charge in [-0.15, -0.1) is 11.3 Å². The molecule has 21 heavy (non-hydrogen) atoms. The van der Waals surface area contributed by atoms with E-state index >= 15 is 0 Å². The van der Waals surface area contributed by atoms with Crippen LogP contribution in [0, 0.1) is 6.92 Å². The normalized spacial score (nSPS) is 14.2. The van der Waals surface area contributed by atoms with Crippen molar-refractivity contribution in [3.8, 4) is 0 Å². The number of hydrogen-bond acceptors (Lipinski definition) is 6. The van der Waals surface area contributed by atoms with Crippen LogP contribution in [0.15, 0.2) is 9.72 Å². The lowest BCUT2D eigenvalue weighted by molar-refractivity contribution is -0.151. The first-order chi connectivity index (χ1) is 9.87. The number of aromatic nitrogens is 1. The molecule has 0 aliphatic heterocycles. The zero-order valence-corrected chi connectivity index (χ0v) is 15.2. The minimum absolute atomic E-state index is 0.159. The maximum absolute atomic E-state index is 12.2. The molecule has 1 rings (SSSR count). The molecule has 1 unspecified atom stereocenters. The first-order valence-electron chi connectivity index (χ1n) is 7.37. The van der Waals surface area contributed by atoms with E-state index in [1.807, 2.05) is 34.6 Å². The Balaban J connectivity index is 2.47. The maximum atomic E-state index is 12.2. The first-order valence-corrected chi connectivity index (χ1v) is 9.23. The first kappa shape index (κ1) is 18.5. The molecule has 0 aliphatic carbocycles. The van der Waals surface area contributed by atoms with Gasteiger partial charge in [0.2, 0.25) is 0 Å². The molecular weight excluding hydrogens is 304 g/mol. The number of ether oxygens (including phenoxy) is 1. The Kier molecular flexibility index (Phi) is 7.70. The Bertz CT molecular complexity index is 449. The number of esters is 1. The number of carbonyl (C=O) groups excluding carboxylic acids is 1. The summed E-state index contributed by atoms with van der Waals surface area (Å²) in [5, 5.41) is 5.41. The van der Waals surface area contributed by atoms with Crippen LogP contribution < -0.4 is 5.32 Å². The number of nitrogens with one attached hydrogen (secondary N) is 1. The molecule has 6 heteroatoms. The van der Waals surface area contributed by atoms with E-state index in [9.17, 15) is 4.79 Å². The van der Waals surface area contributed by atoms with Gasteiger partial charge in [-0.1, -0.05) is 11.8 Å². The van der Waals surface area contributed by atoms with Crippen molar-refractivity contribution in [2.45, 2.75) is 63.4 Å². The molecule has 0 radical (unpaired) electrons. The van der Waals surface area contributed by atoms with Crippen LogP contribution in [-0.4, -0.2) is 34.9 Å². The summed E-state index contributed by atoms with van der Waals surface area (Å²) in [6.07, 6.45) is 1.71. The molecule has 0 amide bonds. The van der Waals surface area contributed by atoms with E-state index in [-0.39, 0.29) is 12.0 Å². The van der Waals surface area contributed by atoms with E-state index in [0.717, 1.165) is 28.6 Å². The van der Waals surface area contributed by atoms with Crippen LogP contribution in [0.25, 0.3) is 0 Å². The van der Waals surface area contributed by atoms with Crippen molar-refractivity contribution < 1.29 is 9.53 Å². The second-order valence-corrected chi connectivity index (χ2v) is 7.76. The van der Waals surface area contributed by atoms with Gasteiger partial charge in [0.25, 0.3) is 0 Å². The average molecular weight is 331 g/mol. The number of rotatable bonds is 9. The Morgan fingerprint density at radius 1 is 1.57 bits per heavy atom. The van der Waals surface area contributed by atoms with Crippen molar-refractivity contribution in [2.75, 3.05) is 12.4 Å². The fourth-order valence-corrected chi connectivity index (χ4v) is 4.00. The van der Waals surface area contributed by atoms with Gasteiger partial charge >= 0.3 is 5.97 Å². The highest BCUT2D eigenvalue weighted by molar-refractivity contribution is 8.00. The Hall–Kier alpha value is -0.590. The number of carbonyl (C=O) groups is 1. The van der Waals surface area contributed by atoms with E-state index in [0.29, 0.717) is 6.61 Å². The highest BCUT2D eigenvalue weighted by atomic mass is 32.2. The van der Waals surface area contributed by atoms with Crippen LogP contribution in [0.4, 0.5) is 0 Å². The van der Waals surface area contributed by atoms with E-state index < -0.39 is 5.54 Å². The molecule has 1 heterocycles. The average Bonchev–Trinajstić information content (AvgIpc) is 2.80. The van der Waals surface area contributed by atoms with Crippen molar-refractivity contribution in [1.29, 1.82) is 0 Å². The summed E-state index contributed by atoms with van der Waals surface area (Å²) in [7, 11) is 0. The fourth-order valence-electron chi connectivity index (χ4n) is 2.14. The summed E-state index contributed by atoms with van der Waals surface area (Å²) >= 11 is 3.43. The third-order valence-electron chi connectivity index (χ3n) is 2.98. The smallest absolute Gasteiger partial charge is 0.326 e. The lowest BCUT2D eigenvalue weighted by atomic mass is 9.95. The van der Waals surface area contributed by atoms with Gasteiger partial charge < -0.3 is 4.74 Å². The standard InChI is InChI=1S/C15H26N2O2S2/c1-6-19-13(18)15(5,17-11(2)3)8-7-9-20-14-16-12(4)10-21-14/h10-11,17H,6-9H2,1-5H3. The summed E-state index contributed by atoms with van der Waals surface area (Å²) in [5.74, 6) is 0.802. The lowest BCUT2D eigenvalue weighted by Crippen LogP contribution is -2.53. The predicted molar refractivity (Wildman–Crippen MR) is 90.1 cm³/mol. The van der Waals surface area contributed by atoms with Crippen LogP contribution >= 0.6 is 23.1 Å². The summed E-state index contributed by atoms with van der Waals surface area (Å²) < 4.78 is 6.31. The summed E-state index contributed by atoms with van der Waals surface area (Å²) in [5.41, 5.74) is 0.462. The largest absolute Gasteiger partial charge is 0.465 e. The molecule has 0 saturated heterocycles. The monoisotopic (exact) mass is 330 g/mol. The number of aryl methyl sites for hydroxylation is 1. The van der Waals surface area contributed by atoms with Gasteiger partial charge in [-0.2, -0.15) is 0 Å².